The normalized spacial score (nSPS) is 10.5. The van der Waals surface area contributed by atoms with Crippen molar-refractivity contribution in [2.24, 2.45) is 0 Å². The summed E-state index contributed by atoms with van der Waals surface area (Å²) in [7, 11) is 1.62. The van der Waals surface area contributed by atoms with E-state index >= 15 is 0 Å². The molecular formula is C15H20ClN3OS. The van der Waals surface area contributed by atoms with Gasteiger partial charge in [0.1, 0.15) is 5.75 Å². The highest BCUT2D eigenvalue weighted by molar-refractivity contribution is 7.15. The van der Waals surface area contributed by atoms with Crippen molar-refractivity contribution in [3.05, 3.63) is 34.3 Å². The predicted octanol–water partition coefficient (Wildman–Crippen LogP) is 4.26. The third kappa shape index (κ3) is 4.02. The minimum atomic E-state index is 0.615. The number of thiazole rings is 1. The molecule has 0 atom stereocenters. The van der Waals surface area contributed by atoms with Crippen molar-refractivity contribution >= 4 is 33.8 Å². The van der Waals surface area contributed by atoms with Crippen molar-refractivity contribution in [3.63, 3.8) is 0 Å². The fraction of sp³-hybridized carbons (Fsp3) is 0.400. The molecule has 0 aliphatic rings. The Kier molecular flexibility index (Phi) is 5.70. The van der Waals surface area contributed by atoms with Gasteiger partial charge >= 0.3 is 0 Å². The smallest absolute Gasteiger partial charge is 0.185 e. The van der Waals surface area contributed by atoms with Crippen LogP contribution < -0.4 is 15.0 Å². The summed E-state index contributed by atoms with van der Waals surface area (Å²) in [5.74, 6) is 0.676. The molecule has 2 rings (SSSR count). The highest BCUT2D eigenvalue weighted by Gasteiger charge is 2.08. The second kappa shape index (κ2) is 7.52. The van der Waals surface area contributed by atoms with Crippen LogP contribution >= 0.6 is 22.9 Å². The lowest BCUT2D eigenvalue weighted by Crippen LogP contribution is -2.21. The van der Waals surface area contributed by atoms with E-state index in [1.807, 2.05) is 24.4 Å². The summed E-state index contributed by atoms with van der Waals surface area (Å²) in [6.07, 6.45) is 1.93. The molecule has 0 spiro atoms. The molecule has 0 bridgehead atoms. The lowest BCUT2D eigenvalue weighted by molar-refractivity contribution is 0.415. The Hall–Kier alpha value is -1.46. The number of nitrogens with one attached hydrogen (secondary N) is 1. The van der Waals surface area contributed by atoms with Crippen LogP contribution in [0.3, 0.4) is 0 Å². The molecule has 0 unspecified atom stereocenters. The number of halogens is 1. The first-order valence-corrected chi connectivity index (χ1v) is 8.14. The van der Waals surface area contributed by atoms with E-state index in [4.69, 9.17) is 16.3 Å². The molecule has 0 aliphatic heterocycles. The van der Waals surface area contributed by atoms with Crippen molar-refractivity contribution in [3.8, 4) is 5.75 Å². The molecule has 0 radical (unpaired) electrons. The molecule has 21 heavy (non-hydrogen) atoms. The molecule has 1 N–H and O–H groups in total. The summed E-state index contributed by atoms with van der Waals surface area (Å²) in [6.45, 7) is 6.98. The van der Waals surface area contributed by atoms with Crippen molar-refractivity contribution in [2.45, 2.75) is 20.4 Å². The number of aromatic nitrogens is 1. The van der Waals surface area contributed by atoms with Crippen molar-refractivity contribution in [2.75, 3.05) is 30.4 Å². The van der Waals surface area contributed by atoms with E-state index in [0.717, 1.165) is 30.5 Å². The van der Waals surface area contributed by atoms with E-state index in [9.17, 15) is 0 Å². The molecule has 0 aliphatic carbocycles. The molecule has 0 saturated heterocycles. The molecular weight excluding hydrogens is 306 g/mol. The maximum absolute atomic E-state index is 6.02. The zero-order valence-electron chi connectivity index (χ0n) is 12.5. The first kappa shape index (κ1) is 15.9. The van der Waals surface area contributed by atoms with E-state index in [1.54, 1.807) is 18.4 Å². The summed E-state index contributed by atoms with van der Waals surface area (Å²) in [5, 5.41) is 5.05. The second-order valence-corrected chi connectivity index (χ2v) is 5.99. The Balaban J connectivity index is 2.00. The van der Waals surface area contributed by atoms with E-state index in [1.165, 1.54) is 4.88 Å². The van der Waals surface area contributed by atoms with Crippen LogP contribution in [0.5, 0.6) is 5.75 Å². The van der Waals surface area contributed by atoms with Crippen molar-refractivity contribution in [1.29, 1.82) is 0 Å². The van der Waals surface area contributed by atoms with Crippen LogP contribution in [0.2, 0.25) is 5.02 Å². The molecule has 0 fully saturated rings. The van der Waals surface area contributed by atoms with Crippen LogP contribution in [-0.2, 0) is 6.54 Å². The van der Waals surface area contributed by atoms with Gasteiger partial charge in [-0.15, -0.1) is 11.3 Å². The Morgan fingerprint density at radius 2 is 2.10 bits per heavy atom. The molecule has 1 aromatic carbocycles. The van der Waals surface area contributed by atoms with Gasteiger partial charge in [0.2, 0.25) is 0 Å². The molecule has 1 aromatic heterocycles. The Bertz CT molecular complexity index is 584. The lowest BCUT2D eigenvalue weighted by atomic mass is 10.3. The summed E-state index contributed by atoms with van der Waals surface area (Å²) in [6, 6.07) is 5.67. The molecule has 0 saturated carbocycles. The van der Waals surface area contributed by atoms with Gasteiger partial charge in [-0.3, -0.25) is 0 Å². The number of hydrogen-bond acceptors (Lipinski definition) is 5. The fourth-order valence-electron chi connectivity index (χ4n) is 1.98. The third-order valence-corrected chi connectivity index (χ3v) is 4.56. The fourth-order valence-corrected chi connectivity index (χ4v) is 3.15. The van der Waals surface area contributed by atoms with Gasteiger partial charge in [0.25, 0.3) is 0 Å². The third-order valence-electron chi connectivity index (χ3n) is 3.19. The average Bonchev–Trinajstić information content (AvgIpc) is 2.96. The van der Waals surface area contributed by atoms with Gasteiger partial charge < -0.3 is 15.0 Å². The first-order valence-electron chi connectivity index (χ1n) is 6.95. The number of anilines is 2. The molecule has 2 aromatic rings. The van der Waals surface area contributed by atoms with E-state index in [0.29, 0.717) is 10.8 Å². The summed E-state index contributed by atoms with van der Waals surface area (Å²) >= 11 is 7.73. The number of benzene rings is 1. The van der Waals surface area contributed by atoms with Crippen LogP contribution in [0.4, 0.5) is 10.8 Å². The average molecular weight is 326 g/mol. The van der Waals surface area contributed by atoms with E-state index < -0.39 is 0 Å². The van der Waals surface area contributed by atoms with Crippen LogP contribution in [-0.4, -0.2) is 25.2 Å². The minimum Gasteiger partial charge on any atom is -0.495 e. The number of nitrogens with zero attached hydrogens (tertiary/aromatic N) is 2. The maximum atomic E-state index is 6.02. The summed E-state index contributed by atoms with van der Waals surface area (Å²) < 4.78 is 5.21. The summed E-state index contributed by atoms with van der Waals surface area (Å²) in [5.41, 5.74) is 0.981. The predicted molar refractivity (Wildman–Crippen MR) is 91.0 cm³/mol. The molecule has 6 heteroatoms. The highest BCUT2D eigenvalue weighted by atomic mass is 35.5. The standard InChI is InChI=1S/C15H20ClN3OS/c1-4-19(5-2)15-18-10-12(21-15)9-17-11-6-7-13(16)14(8-11)20-3/h6-8,10,17H,4-5,9H2,1-3H3. The topological polar surface area (TPSA) is 37.4 Å². The highest BCUT2D eigenvalue weighted by Crippen LogP contribution is 2.28. The van der Waals surface area contributed by atoms with Crippen LogP contribution in [0.15, 0.2) is 24.4 Å². The van der Waals surface area contributed by atoms with Gasteiger partial charge in [0, 0.05) is 35.9 Å². The number of hydrogen-bond donors (Lipinski definition) is 1. The Labute approximate surface area is 134 Å². The van der Waals surface area contributed by atoms with Crippen molar-refractivity contribution < 1.29 is 4.74 Å². The zero-order valence-corrected chi connectivity index (χ0v) is 14.1. The second-order valence-electron chi connectivity index (χ2n) is 4.48. The molecule has 114 valence electrons. The van der Waals surface area contributed by atoms with Crippen LogP contribution in [0, 0.1) is 0 Å². The maximum Gasteiger partial charge on any atom is 0.185 e. The van der Waals surface area contributed by atoms with E-state index in [-0.39, 0.29) is 0 Å². The van der Waals surface area contributed by atoms with Crippen LogP contribution in [0.25, 0.3) is 0 Å². The number of methoxy groups -OCH3 is 1. The van der Waals surface area contributed by atoms with Gasteiger partial charge in [-0.05, 0) is 26.0 Å². The largest absolute Gasteiger partial charge is 0.495 e. The quantitative estimate of drug-likeness (QED) is 0.825. The number of ether oxygens (including phenoxy) is 1. The Morgan fingerprint density at radius 3 is 2.76 bits per heavy atom. The first-order chi connectivity index (χ1) is 10.2. The van der Waals surface area contributed by atoms with Gasteiger partial charge in [-0.2, -0.15) is 0 Å². The van der Waals surface area contributed by atoms with E-state index in [2.05, 4.69) is 29.0 Å². The SMILES string of the molecule is CCN(CC)c1ncc(CNc2ccc(Cl)c(OC)c2)s1. The van der Waals surface area contributed by atoms with Crippen molar-refractivity contribution in [1.82, 2.24) is 4.98 Å². The zero-order chi connectivity index (χ0) is 15.2. The minimum absolute atomic E-state index is 0.615. The van der Waals surface area contributed by atoms with Gasteiger partial charge in [0.15, 0.2) is 5.13 Å². The molecule has 4 nitrogen and oxygen atoms in total. The lowest BCUT2D eigenvalue weighted by Gasteiger charge is -2.16. The number of rotatable bonds is 7. The van der Waals surface area contributed by atoms with Gasteiger partial charge in [0.05, 0.1) is 18.7 Å². The molecule has 1 heterocycles. The van der Waals surface area contributed by atoms with Gasteiger partial charge in [-0.25, -0.2) is 4.98 Å². The Morgan fingerprint density at radius 1 is 1.33 bits per heavy atom. The molecule has 0 amide bonds. The summed E-state index contributed by atoms with van der Waals surface area (Å²) in [4.78, 5) is 7.93. The van der Waals surface area contributed by atoms with Crippen LogP contribution in [0.1, 0.15) is 18.7 Å². The monoisotopic (exact) mass is 325 g/mol. The van der Waals surface area contributed by atoms with Gasteiger partial charge in [-0.1, -0.05) is 11.6 Å².